The molecule has 30 heavy (non-hydrogen) atoms. The molecule has 0 aliphatic carbocycles. The minimum atomic E-state index is -0.833. The molecule has 3 aromatic rings. The van der Waals surface area contributed by atoms with Crippen molar-refractivity contribution in [1.82, 2.24) is 4.57 Å². The molecule has 0 radical (unpaired) electrons. The zero-order chi connectivity index (χ0) is 21.1. The van der Waals surface area contributed by atoms with Crippen LogP contribution in [0.25, 0.3) is 10.9 Å². The number of carbonyl (C=O) groups is 1. The number of aromatic nitrogens is 1. The van der Waals surface area contributed by atoms with Crippen LogP contribution in [-0.2, 0) is 6.67 Å². The Kier molecular flexibility index (Phi) is 5.53. The first kappa shape index (κ1) is 19.7. The predicted octanol–water partition coefficient (Wildman–Crippen LogP) is 3.21. The molecule has 0 saturated carbocycles. The van der Waals surface area contributed by atoms with Crippen molar-refractivity contribution in [3.8, 4) is 5.88 Å². The van der Waals surface area contributed by atoms with Gasteiger partial charge in [0.1, 0.15) is 5.56 Å². The molecular weight excluding hydrogens is 386 g/mol. The highest BCUT2D eigenvalue weighted by atomic mass is 16.6. The van der Waals surface area contributed by atoms with Crippen molar-refractivity contribution in [3.63, 3.8) is 0 Å². The molecule has 0 atom stereocenters. The van der Waals surface area contributed by atoms with E-state index in [1.54, 1.807) is 10.6 Å². The standard InChI is InChI=1S/C21H21N5O4/c27-20(16-9-3-5-11-18(16)26(29)30)23-22-19-15-8-2-4-10-17(15)25(21(19)28)14-24-12-6-1-7-13-24/h2-5,8-11,28H,1,6-7,12-14H2/p+1. The molecule has 1 aromatic heterocycles. The van der Waals surface area contributed by atoms with Gasteiger partial charge in [-0.1, -0.05) is 30.3 Å². The number of likely N-dealkylation sites (tertiary alicyclic amines) is 1. The van der Waals surface area contributed by atoms with Crippen molar-refractivity contribution in [3.05, 3.63) is 64.2 Å². The van der Waals surface area contributed by atoms with Crippen molar-refractivity contribution in [1.29, 1.82) is 0 Å². The van der Waals surface area contributed by atoms with Gasteiger partial charge in [0, 0.05) is 11.5 Å². The number of hydrogen-bond acceptors (Lipinski definition) is 5. The average Bonchev–Trinajstić information content (AvgIpc) is 3.04. The van der Waals surface area contributed by atoms with E-state index in [0.29, 0.717) is 12.1 Å². The van der Waals surface area contributed by atoms with Gasteiger partial charge in [-0.05, 0) is 31.4 Å². The largest absolute Gasteiger partial charge is 0.493 e. The van der Waals surface area contributed by atoms with Crippen LogP contribution in [0.5, 0.6) is 5.88 Å². The normalized spacial score (nSPS) is 15.1. The average molecular weight is 408 g/mol. The molecule has 1 fully saturated rings. The highest BCUT2D eigenvalue weighted by Crippen LogP contribution is 2.38. The van der Waals surface area contributed by atoms with Gasteiger partial charge in [0.05, 0.1) is 23.5 Å². The number of hydrogen-bond donors (Lipinski definition) is 2. The maximum absolute atomic E-state index is 12.5. The number of carbonyl (C=O) groups excluding carboxylic acids is 1. The number of para-hydroxylation sites is 2. The summed E-state index contributed by atoms with van der Waals surface area (Å²) in [6, 6.07) is 13.0. The van der Waals surface area contributed by atoms with Crippen molar-refractivity contribution < 1.29 is 19.7 Å². The third kappa shape index (κ3) is 3.79. The molecule has 2 N–H and O–H groups in total. The van der Waals surface area contributed by atoms with Gasteiger partial charge in [0.25, 0.3) is 5.69 Å². The number of piperidine rings is 1. The highest BCUT2D eigenvalue weighted by Gasteiger charge is 2.23. The third-order valence-electron chi connectivity index (χ3n) is 5.43. The predicted molar refractivity (Wildman–Crippen MR) is 110 cm³/mol. The number of quaternary nitrogens is 1. The summed E-state index contributed by atoms with van der Waals surface area (Å²) >= 11 is 0. The fourth-order valence-electron chi connectivity index (χ4n) is 3.93. The van der Waals surface area contributed by atoms with Crippen LogP contribution < -0.4 is 4.90 Å². The molecule has 9 nitrogen and oxygen atoms in total. The van der Waals surface area contributed by atoms with Gasteiger partial charge in [0.15, 0.2) is 12.4 Å². The molecule has 154 valence electrons. The number of fused-ring (bicyclic) bond motifs is 1. The Morgan fingerprint density at radius 2 is 1.80 bits per heavy atom. The van der Waals surface area contributed by atoms with E-state index in [9.17, 15) is 20.0 Å². The third-order valence-corrected chi connectivity index (χ3v) is 5.43. The lowest BCUT2D eigenvalue weighted by atomic mass is 10.1. The van der Waals surface area contributed by atoms with Gasteiger partial charge < -0.3 is 10.0 Å². The second kappa shape index (κ2) is 8.42. The van der Waals surface area contributed by atoms with Crippen LogP contribution in [0.15, 0.2) is 58.8 Å². The van der Waals surface area contributed by atoms with Gasteiger partial charge in [-0.25, -0.2) is 0 Å². The summed E-state index contributed by atoms with van der Waals surface area (Å²) in [5.41, 5.74) is 0.517. The Morgan fingerprint density at radius 3 is 2.57 bits per heavy atom. The van der Waals surface area contributed by atoms with Crippen LogP contribution >= 0.6 is 0 Å². The summed E-state index contributed by atoms with van der Waals surface area (Å²) in [6.07, 6.45) is 3.55. The number of nitro benzene ring substituents is 1. The molecule has 0 spiro atoms. The van der Waals surface area contributed by atoms with E-state index in [1.165, 1.54) is 35.6 Å². The fraction of sp³-hybridized carbons (Fsp3) is 0.286. The number of rotatable bonds is 5. The lowest BCUT2D eigenvalue weighted by Crippen LogP contribution is -3.12. The van der Waals surface area contributed by atoms with Gasteiger partial charge >= 0.3 is 5.91 Å². The molecule has 1 aliphatic rings. The lowest BCUT2D eigenvalue weighted by Gasteiger charge is -2.24. The first-order chi connectivity index (χ1) is 14.6. The van der Waals surface area contributed by atoms with Gasteiger partial charge in [0.2, 0.25) is 5.88 Å². The summed E-state index contributed by atoms with van der Waals surface area (Å²) < 4.78 is 1.79. The van der Waals surface area contributed by atoms with Crippen molar-refractivity contribution >= 4 is 28.2 Å². The first-order valence-corrected chi connectivity index (χ1v) is 9.89. The summed E-state index contributed by atoms with van der Waals surface area (Å²) in [4.78, 5) is 24.4. The molecule has 2 aromatic carbocycles. The fourth-order valence-corrected chi connectivity index (χ4v) is 3.93. The topological polar surface area (TPSA) is 115 Å². The molecule has 0 bridgehead atoms. The van der Waals surface area contributed by atoms with Crippen molar-refractivity contribution in [2.75, 3.05) is 13.1 Å². The number of aromatic hydroxyl groups is 1. The number of benzene rings is 2. The quantitative estimate of drug-likeness (QED) is 0.383. The molecule has 9 heteroatoms. The maximum atomic E-state index is 12.5. The van der Waals surface area contributed by atoms with Crippen LogP contribution in [0.3, 0.4) is 0 Å². The second-order valence-electron chi connectivity index (χ2n) is 7.37. The zero-order valence-electron chi connectivity index (χ0n) is 16.3. The lowest BCUT2D eigenvalue weighted by molar-refractivity contribution is -0.927. The van der Waals surface area contributed by atoms with E-state index >= 15 is 0 Å². The smallest absolute Gasteiger partial charge is 0.302 e. The Bertz CT molecular complexity index is 1130. The summed E-state index contributed by atoms with van der Waals surface area (Å²) in [5, 5.41) is 30.4. The summed E-state index contributed by atoms with van der Waals surface area (Å²) in [6.45, 7) is 2.68. The Labute approximate surface area is 172 Å². The van der Waals surface area contributed by atoms with Crippen LogP contribution in [0.1, 0.15) is 29.6 Å². The molecule has 1 saturated heterocycles. The SMILES string of the molecule is O=C(N=Nc1c(O)n(C[NH+]2CCCCC2)c2ccccc12)c1ccccc1[N+](=O)[O-]. The monoisotopic (exact) mass is 408 g/mol. The Morgan fingerprint density at radius 1 is 1.10 bits per heavy atom. The molecule has 1 aliphatic heterocycles. The molecule has 1 amide bonds. The number of amides is 1. The highest BCUT2D eigenvalue weighted by molar-refractivity contribution is 5.99. The Hall–Kier alpha value is -3.59. The van der Waals surface area contributed by atoms with Crippen LogP contribution in [0, 0.1) is 10.1 Å². The first-order valence-electron chi connectivity index (χ1n) is 9.89. The molecule has 2 heterocycles. The summed E-state index contributed by atoms with van der Waals surface area (Å²) in [5.74, 6) is -0.895. The van der Waals surface area contributed by atoms with Crippen LogP contribution in [-0.4, -0.2) is 33.6 Å². The van der Waals surface area contributed by atoms with Crippen LogP contribution in [0.4, 0.5) is 11.4 Å². The molecular formula is C21H22N5O4+. The van der Waals surface area contributed by atoms with Gasteiger partial charge in [-0.3, -0.25) is 19.5 Å². The van der Waals surface area contributed by atoms with Gasteiger partial charge in [-0.15, -0.1) is 10.2 Å². The maximum Gasteiger partial charge on any atom is 0.302 e. The van der Waals surface area contributed by atoms with E-state index in [1.807, 2.05) is 18.2 Å². The number of nitrogens with one attached hydrogen (secondary N) is 1. The van der Waals surface area contributed by atoms with Gasteiger partial charge in [-0.2, -0.15) is 0 Å². The van der Waals surface area contributed by atoms with E-state index < -0.39 is 10.8 Å². The van der Waals surface area contributed by atoms with Crippen molar-refractivity contribution in [2.24, 2.45) is 10.2 Å². The zero-order valence-corrected chi connectivity index (χ0v) is 16.3. The minimum Gasteiger partial charge on any atom is -0.493 e. The molecule has 0 unspecified atom stereocenters. The summed E-state index contributed by atoms with van der Waals surface area (Å²) in [7, 11) is 0. The molecule has 4 rings (SSSR count). The van der Waals surface area contributed by atoms with E-state index in [2.05, 4.69) is 10.2 Å². The van der Waals surface area contributed by atoms with E-state index in [4.69, 9.17) is 0 Å². The van der Waals surface area contributed by atoms with Crippen molar-refractivity contribution in [2.45, 2.75) is 25.9 Å². The second-order valence-corrected chi connectivity index (χ2v) is 7.37. The Balaban J connectivity index is 1.68. The number of nitrogens with zero attached hydrogens (tertiary/aromatic N) is 4. The number of nitro groups is 1. The van der Waals surface area contributed by atoms with E-state index in [0.717, 1.165) is 31.4 Å². The number of azo groups is 1. The van der Waals surface area contributed by atoms with E-state index in [-0.39, 0.29) is 22.8 Å². The minimum absolute atomic E-state index is 0.0617. The van der Waals surface area contributed by atoms with Crippen LogP contribution in [0.2, 0.25) is 0 Å².